The number of ether oxygens (including phenoxy) is 1. The second-order valence-corrected chi connectivity index (χ2v) is 5.77. The smallest absolute Gasteiger partial charge is 0.471 e. The molecule has 23 heavy (non-hydrogen) atoms. The van der Waals surface area contributed by atoms with Crippen LogP contribution in [0.4, 0.5) is 18.0 Å². The molecule has 0 bridgehead atoms. The van der Waals surface area contributed by atoms with Gasteiger partial charge >= 0.3 is 18.2 Å². The van der Waals surface area contributed by atoms with Gasteiger partial charge in [0.25, 0.3) is 0 Å². The van der Waals surface area contributed by atoms with Crippen molar-refractivity contribution in [3.8, 4) is 0 Å². The highest BCUT2D eigenvalue weighted by Gasteiger charge is 2.38. The first kappa shape index (κ1) is 21.0. The maximum atomic E-state index is 11.9. The molecule has 0 spiro atoms. The lowest BCUT2D eigenvalue weighted by Crippen LogP contribution is -2.49. The molecule has 0 aliphatic heterocycles. The van der Waals surface area contributed by atoms with Crippen LogP contribution in [0.2, 0.25) is 0 Å². The van der Waals surface area contributed by atoms with Gasteiger partial charge < -0.3 is 25.3 Å². The Labute approximate surface area is 131 Å². The molecule has 0 aromatic rings. The number of nitrogens with one attached hydrogen (secondary N) is 2. The Bertz CT molecular complexity index is 432. The fourth-order valence-corrected chi connectivity index (χ4v) is 1.47. The zero-order chi connectivity index (χ0) is 18.3. The number of rotatable bonds is 7. The monoisotopic (exact) mass is 341 g/mol. The van der Waals surface area contributed by atoms with E-state index in [1.54, 1.807) is 26.1 Å². The summed E-state index contributed by atoms with van der Waals surface area (Å²) in [5.41, 5.74) is -0.803. The highest BCUT2D eigenvalue weighted by atomic mass is 19.4. The predicted molar refractivity (Wildman–Crippen MR) is 71.1 cm³/mol. The Morgan fingerprint density at radius 1 is 1.13 bits per heavy atom. The summed E-state index contributed by atoms with van der Waals surface area (Å²) in [7, 11) is 0. The minimum atomic E-state index is -4.95. The third-order valence-electron chi connectivity index (χ3n) is 2.44. The van der Waals surface area contributed by atoms with Crippen LogP contribution in [0.25, 0.3) is 0 Å². The molecule has 0 unspecified atom stereocenters. The van der Waals surface area contributed by atoms with Gasteiger partial charge in [-0.25, -0.2) is 4.79 Å². The summed E-state index contributed by atoms with van der Waals surface area (Å²) in [5, 5.41) is 14.7. The third-order valence-corrected chi connectivity index (χ3v) is 2.44. The maximum absolute atomic E-state index is 11.9. The number of carboxylic acid groups (broad SMARTS) is 1. The molecule has 134 valence electrons. The lowest BCUT2D eigenvalue weighted by Gasteiger charge is -2.24. The molecule has 0 fully saturated rings. The van der Waals surface area contributed by atoms with Crippen molar-refractivity contribution in [1.82, 2.24) is 10.6 Å². The SMILES string of the molecule is CC(C)(C)OC(=O)N[C@@H](CCCCNC(=O)C(F)(F)F)C(=O)[O-]. The molecule has 0 heterocycles. The topological polar surface area (TPSA) is 108 Å². The van der Waals surface area contributed by atoms with Gasteiger partial charge in [0, 0.05) is 6.54 Å². The first-order valence-electron chi connectivity index (χ1n) is 6.88. The molecule has 0 aromatic heterocycles. The maximum Gasteiger partial charge on any atom is 0.471 e. The van der Waals surface area contributed by atoms with Gasteiger partial charge in [-0.2, -0.15) is 13.2 Å². The van der Waals surface area contributed by atoms with Gasteiger partial charge in [-0.1, -0.05) is 0 Å². The predicted octanol–water partition coefficient (Wildman–Crippen LogP) is 0.478. The Balaban J connectivity index is 4.14. The Morgan fingerprint density at radius 3 is 2.13 bits per heavy atom. The number of aliphatic carboxylic acids is 1. The Hall–Kier alpha value is -2.00. The van der Waals surface area contributed by atoms with Gasteiger partial charge in [-0.3, -0.25) is 4.79 Å². The molecule has 1 atom stereocenters. The molecule has 2 amide bonds. The van der Waals surface area contributed by atoms with E-state index < -0.39 is 35.8 Å². The van der Waals surface area contributed by atoms with Crippen LogP contribution < -0.4 is 15.7 Å². The first-order valence-corrected chi connectivity index (χ1v) is 6.88. The number of carbonyl (C=O) groups excluding carboxylic acids is 3. The lowest BCUT2D eigenvalue weighted by molar-refractivity contribution is -0.308. The number of carboxylic acids is 1. The van der Waals surface area contributed by atoms with E-state index in [0.717, 1.165) is 0 Å². The number of hydrogen-bond donors (Lipinski definition) is 2. The van der Waals surface area contributed by atoms with E-state index in [0.29, 0.717) is 0 Å². The summed E-state index contributed by atoms with van der Waals surface area (Å²) in [5.74, 6) is -3.59. The van der Waals surface area contributed by atoms with Crippen molar-refractivity contribution in [2.75, 3.05) is 6.54 Å². The second-order valence-electron chi connectivity index (χ2n) is 5.77. The van der Waals surface area contributed by atoms with Gasteiger partial charge in [0.05, 0.1) is 12.0 Å². The van der Waals surface area contributed by atoms with Gasteiger partial charge in [0.1, 0.15) is 5.60 Å². The van der Waals surface area contributed by atoms with E-state index in [9.17, 15) is 32.7 Å². The van der Waals surface area contributed by atoms with Crippen molar-refractivity contribution in [3.63, 3.8) is 0 Å². The van der Waals surface area contributed by atoms with Crippen molar-refractivity contribution >= 4 is 18.0 Å². The summed E-state index contributed by atoms with van der Waals surface area (Å²) in [6, 6.07) is -1.33. The van der Waals surface area contributed by atoms with E-state index in [-0.39, 0.29) is 25.8 Å². The van der Waals surface area contributed by atoms with Crippen molar-refractivity contribution in [2.24, 2.45) is 0 Å². The van der Waals surface area contributed by atoms with E-state index in [1.165, 1.54) is 0 Å². The summed E-state index contributed by atoms with van der Waals surface area (Å²) in [6.45, 7) is 4.54. The van der Waals surface area contributed by atoms with Gasteiger partial charge in [-0.05, 0) is 40.0 Å². The quantitative estimate of drug-likeness (QED) is 0.655. The minimum absolute atomic E-state index is 0.0660. The molecule has 7 nitrogen and oxygen atoms in total. The fraction of sp³-hybridized carbons (Fsp3) is 0.769. The summed E-state index contributed by atoms with van der Waals surface area (Å²) in [6.07, 6.45) is -5.68. The second kappa shape index (κ2) is 8.59. The van der Waals surface area contributed by atoms with E-state index in [2.05, 4.69) is 5.32 Å². The zero-order valence-corrected chi connectivity index (χ0v) is 13.1. The van der Waals surface area contributed by atoms with Crippen molar-refractivity contribution in [2.45, 2.75) is 57.9 Å². The van der Waals surface area contributed by atoms with Crippen LogP contribution in [0.1, 0.15) is 40.0 Å². The molecule has 0 rings (SSSR count). The number of alkyl halides is 3. The summed E-state index contributed by atoms with van der Waals surface area (Å²) < 4.78 is 40.6. The molecule has 0 radical (unpaired) electrons. The number of alkyl carbamates (subject to hydrolysis) is 1. The van der Waals surface area contributed by atoms with E-state index in [1.807, 2.05) is 0 Å². The average molecular weight is 341 g/mol. The summed E-state index contributed by atoms with van der Waals surface area (Å²) >= 11 is 0. The molecular formula is C13H20F3N2O5-. The molecule has 0 aromatic carbocycles. The van der Waals surface area contributed by atoms with Crippen molar-refractivity contribution in [3.05, 3.63) is 0 Å². The number of unbranched alkanes of at least 4 members (excludes halogenated alkanes) is 1. The Morgan fingerprint density at radius 2 is 1.70 bits per heavy atom. The molecule has 0 saturated heterocycles. The van der Waals surface area contributed by atoms with Crippen LogP contribution in [0.5, 0.6) is 0 Å². The number of hydrogen-bond acceptors (Lipinski definition) is 5. The van der Waals surface area contributed by atoms with Crippen LogP contribution in [-0.2, 0) is 14.3 Å². The molecule has 0 aliphatic rings. The Kier molecular flexibility index (Phi) is 7.84. The summed E-state index contributed by atoms with van der Waals surface area (Å²) in [4.78, 5) is 32.9. The van der Waals surface area contributed by atoms with Gasteiger partial charge in [0.2, 0.25) is 0 Å². The first-order chi connectivity index (χ1) is 10.3. The fourth-order valence-electron chi connectivity index (χ4n) is 1.47. The molecule has 2 N–H and O–H groups in total. The zero-order valence-electron chi connectivity index (χ0n) is 13.1. The van der Waals surface area contributed by atoms with Crippen LogP contribution in [-0.4, -0.2) is 42.3 Å². The van der Waals surface area contributed by atoms with Crippen molar-refractivity contribution in [1.29, 1.82) is 0 Å². The number of amides is 2. The molecular weight excluding hydrogens is 321 g/mol. The number of carbonyl (C=O) groups is 3. The lowest BCUT2D eigenvalue weighted by atomic mass is 10.1. The van der Waals surface area contributed by atoms with E-state index >= 15 is 0 Å². The van der Waals surface area contributed by atoms with Crippen LogP contribution in [0, 0.1) is 0 Å². The van der Waals surface area contributed by atoms with Gasteiger partial charge in [-0.15, -0.1) is 0 Å². The minimum Gasteiger partial charge on any atom is -0.548 e. The molecule has 0 aliphatic carbocycles. The third kappa shape index (κ3) is 10.4. The highest BCUT2D eigenvalue weighted by Crippen LogP contribution is 2.14. The number of halogens is 3. The van der Waals surface area contributed by atoms with E-state index in [4.69, 9.17) is 4.74 Å². The van der Waals surface area contributed by atoms with Crippen molar-refractivity contribution < 1.29 is 37.4 Å². The van der Waals surface area contributed by atoms with Gasteiger partial charge in [0.15, 0.2) is 0 Å². The molecule has 10 heteroatoms. The average Bonchev–Trinajstić information content (AvgIpc) is 2.32. The van der Waals surface area contributed by atoms with Crippen LogP contribution in [0.15, 0.2) is 0 Å². The highest BCUT2D eigenvalue weighted by molar-refractivity contribution is 5.81. The largest absolute Gasteiger partial charge is 0.548 e. The standard InChI is InChI=1S/C13H21F3N2O5/c1-12(2,3)23-11(22)18-8(9(19)20)6-4-5-7-17-10(21)13(14,15)16/h8H,4-7H2,1-3H3,(H,17,21)(H,18,22)(H,19,20)/p-1/t8-/m0/s1. The molecule has 0 saturated carbocycles. The normalized spacial score (nSPS) is 13.1. The van der Waals surface area contributed by atoms with Crippen LogP contribution >= 0.6 is 0 Å². The van der Waals surface area contributed by atoms with Crippen LogP contribution in [0.3, 0.4) is 0 Å².